The molecule has 0 atom stereocenters. The van der Waals surface area contributed by atoms with Gasteiger partial charge < -0.3 is 10.0 Å². The van der Waals surface area contributed by atoms with Crippen molar-refractivity contribution in [3.05, 3.63) is 28.8 Å². The summed E-state index contributed by atoms with van der Waals surface area (Å²) in [4.78, 5) is 24.3. The lowest BCUT2D eigenvalue weighted by atomic mass is 10.1. The van der Waals surface area contributed by atoms with Crippen molar-refractivity contribution in [2.45, 2.75) is 45.4 Å². The van der Waals surface area contributed by atoms with E-state index in [4.69, 9.17) is 5.11 Å². The molecule has 7 nitrogen and oxygen atoms in total. The number of carboxylic acid groups (broad SMARTS) is 1. The summed E-state index contributed by atoms with van der Waals surface area (Å²) in [6.45, 7) is 7.61. The smallest absolute Gasteiger partial charge is 0.305 e. The number of nitrogens with one attached hydrogen (secondary N) is 1. The molecular weight excluding hydrogens is 344 g/mol. The van der Waals surface area contributed by atoms with E-state index in [0.717, 1.165) is 5.56 Å². The molecule has 0 unspecified atom stereocenters. The van der Waals surface area contributed by atoms with Crippen LogP contribution in [0, 0.1) is 20.8 Å². The third-order valence-corrected chi connectivity index (χ3v) is 5.60. The van der Waals surface area contributed by atoms with Gasteiger partial charge in [0.25, 0.3) is 0 Å². The van der Waals surface area contributed by atoms with Crippen LogP contribution in [-0.4, -0.2) is 49.9 Å². The molecule has 1 amide bonds. The van der Waals surface area contributed by atoms with E-state index in [1.54, 1.807) is 32.9 Å². The molecular formula is C17H26N2O5S. The quantitative estimate of drug-likeness (QED) is 0.687. The molecule has 0 radical (unpaired) electrons. The van der Waals surface area contributed by atoms with Crippen LogP contribution >= 0.6 is 0 Å². The first-order chi connectivity index (χ1) is 11.6. The number of amides is 1. The molecule has 0 fully saturated rings. The molecule has 0 aliphatic heterocycles. The van der Waals surface area contributed by atoms with Gasteiger partial charge in [0.05, 0.1) is 11.3 Å². The van der Waals surface area contributed by atoms with Crippen LogP contribution in [-0.2, 0) is 19.6 Å². The van der Waals surface area contributed by atoms with Crippen LogP contribution in [0.5, 0.6) is 0 Å². The van der Waals surface area contributed by atoms with Gasteiger partial charge in [-0.25, -0.2) is 13.1 Å². The Bertz CT molecular complexity index is 720. The third-order valence-electron chi connectivity index (χ3n) is 3.83. The summed E-state index contributed by atoms with van der Waals surface area (Å²) in [7, 11) is -3.71. The Balaban J connectivity index is 2.71. The Morgan fingerprint density at radius 2 is 1.68 bits per heavy atom. The van der Waals surface area contributed by atoms with Crippen molar-refractivity contribution in [2.75, 3.05) is 19.6 Å². The molecule has 140 valence electrons. The van der Waals surface area contributed by atoms with E-state index in [-0.39, 0.29) is 36.7 Å². The molecule has 0 heterocycles. The molecule has 0 saturated heterocycles. The maximum Gasteiger partial charge on any atom is 0.305 e. The van der Waals surface area contributed by atoms with E-state index in [0.29, 0.717) is 17.7 Å². The molecule has 1 aromatic carbocycles. The number of carboxylic acids is 1. The molecule has 0 aliphatic carbocycles. The molecule has 0 bridgehead atoms. The van der Waals surface area contributed by atoms with Crippen molar-refractivity contribution in [1.29, 1.82) is 0 Å². The third kappa shape index (κ3) is 6.13. The van der Waals surface area contributed by atoms with Crippen LogP contribution in [0.2, 0.25) is 0 Å². The van der Waals surface area contributed by atoms with Crippen LogP contribution < -0.4 is 4.72 Å². The summed E-state index contributed by atoms with van der Waals surface area (Å²) < 4.78 is 27.5. The van der Waals surface area contributed by atoms with Crippen molar-refractivity contribution in [3.63, 3.8) is 0 Å². The van der Waals surface area contributed by atoms with Gasteiger partial charge >= 0.3 is 5.97 Å². The van der Waals surface area contributed by atoms with Gasteiger partial charge in [-0.15, -0.1) is 0 Å². The van der Waals surface area contributed by atoms with Crippen LogP contribution in [0.15, 0.2) is 17.0 Å². The second-order valence-electron chi connectivity index (χ2n) is 5.99. The number of rotatable bonds is 9. The number of aliphatic carboxylic acids is 1. The Labute approximate surface area is 149 Å². The van der Waals surface area contributed by atoms with Crippen molar-refractivity contribution in [2.24, 2.45) is 0 Å². The first-order valence-corrected chi connectivity index (χ1v) is 9.64. The summed E-state index contributed by atoms with van der Waals surface area (Å²) in [5.74, 6) is -1.25. The van der Waals surface area contributed by atoms with Crippen LogP contribution in [0.3, 0.4) is 0 Å². The normalized spacial score (nSPS) is 11.4. The molecule has 1 aromatic rings. The second-order valence-corrected chi connectivity index (χ2v) is 7.70. The number of nitrogens with zero attached hydrogens (tertiary/aromatic N) is 1. The lowest BCUT2D eigenvalue weighted by Crippen LogP contribution is -2.36. The van der Waals surface area contributed by atoms with Crippen molar-refractivity contribution < 1.29 is 23.1 Å². The van der Waals surface area contributed by atoms with E-state index in [9.17, 15) is 18.0 Å². The monoisotopic (exact) mass is 370 g/mol. The zero-order valence-electron chi connectivity index (χ0n) is 15.1. The van der Waals surface area contributed by atoms with Crippen LogP contribution in [0.4, 0.5) is 0 Å². The molecule has 0 aliphatic rings. The Morgan fingerprint density at radius 1 is 1.12 bits per heavy atom. The summed E-state index contributed by atoms with van der Waals surface area (Å²) >= 11 is 0. The number of sulfonamides is 1. The van der Waals surface area contributed by atoms with Crippen LogP contribution in [0.25, 0.3) is 0 Å². The molecule has 0 saturated carbocycles. The standard InChI is InChI=1S/C17H26N2O5S/c1-5-19(9-7-16(21)22)15(20)6-8-18-25(23,24)17-13(3)10-12(2)11-14(17)4/h10-11,18H,5-9H2,1-4H3,(H,21,22). The Hall–Kier alpha value is -1.93. The van der Waals surface area contributed by atoms with Gasteiger partial charge in [-0.2, -0.15) is 0 Å². The minimum absolute atomic E-state index is 0.0172. The topological polar surface area (TPSA) is 104 Å². The summed E-state index contributed by atoms with van der Waals surface area (Å²) in [5, 5.41) is 8.69. The maximum atomic E-state index is 12.5. The largest absolute Gasteiger partial charge is 0.481 e. The zero-order valence-corrected chi connectivity index (χ0v) is 15.9. The van der Waals surface area contributed by atoms with Gasteiger partial charge in [-0.3, -0.25) is 9.59 Å². The fraction of sp³-hybridized carbons (Fsp3) is 0.529. The molecule has 8 heteroatoms. The van der Waals surface area contributed by atoms with Gasteiger partial charge in [-0.05, 0) is 38.8 Å². The summed E-state index contributed by atoms with van der Waals surface area (Å²) in [5.41, 5.74) is 2.31. The molecule has 0 spiro atoms. The number of aryl methyl sites for hydroxylation is 3. The highest BCUT2D eigenvalue weighted by Gasteiger charge is 2.20. The van der Waals surface area contributed by atoms with E-state index < -0.39 is 16.0 Å². The SMILES string of the molecule is CCN(CCC(=O)O)C(=O)CCNS(=O)(=O)c1c(C)cc(C)cc1C. The fourth-order valence-corrected chi connectivity index (χ4v) is 4.28. The first kappa shape index (κ1) is 21.1. The zero-order chi connectivity index (χ0) is 19.2. The molecule has 0 aromatic heterocycles. The number of hydrogen-bond acceptors (Lipinski definition) is 4. The number of carbonyl (C=O) groups excluding carboxylic acids is 1. The minimum Gasteiger partial charge on any atom is -0.481 e. The molecule has 1 rings (SSSR count). The first-order valence-electron chi connectivity index (χ1n) is 8.15. The highest BCUT2D eigenvalue weighted by atomic mass is 32.2. The van der Waals surface area contributed by atoms with Crippen LogP contribution in [0.1, 0.15) is 36.5 Å². The van der Waals surface area contributed by atoms with E-state index >= 15 is 0 Å². The minimum atomic E-state index is -3.71. The average Bonchev–Trinajstić information content (AvgIpc) is 2.45. The number of benzene rings is 1. The van der Waals surface area contributed by atoms with Gasteiger partial charge in [-0.1, -0.05) is 17.7 Å². The number of carbonyl (C=O) groups is 2. The highest BCUT2D eigenvalue weighted by Crippen LogP contribution is 2.21. The Kier molecular flexibility index (Phi) is 7.57. The van der Waals surface area contributed by atoms with Gasteiger partial charge in [0.1, 0.15) is 0 Å². The predicted octanol–water partition coefficient (Wildman–Crippen LogP) is 1.60. The van der Waals surface area contributed by atoms with Gasteiger partial charge in [0.15, 0.2) is 0 Å². The van der Waals surface area contributed by atoms with E-state index in [1.165, 1.54) is 4.90 Å². The summed E-state index contributed by atoms with van der Waals surface area (Å²) in [6.07, 6.45) is -0.149. The van der Waals surface area contributed by atoms with Gasteiger partial charge in [0, 0.05) is 26.1 Å². The van der Waals surface area contributed by atoms with E-state index in [2.05, 4.69) is 4.72 Å². The predicted molar refractivity (Wildman–Crippen MR) is 95.0 cm³/mol. The maximum absolute atomic E-state index is 12.5. The van der Waals surface area contributed by atoms with Gasteiger partial charge in [0.2, 0.25) is 15.9 Å². The van der Waals surface area contributed by atoms with Crippen molar-refractivity contribution in [1.82, 2.24) is 9.62 Å². The average molecular weight is 370 g/mol. The Morgan fingerprint density at radius 3 is 2.16 bits per heavy atom. The molecule has 25 heavy (non-hydrogen) atoms. The molecule has 2 N–H and O–H groups in total. The lowest BCUT2D eigenvalue weighted by Gasteiger charge is -2.20. The van der Waals surface area contributed by atoms with Crippen molar-refractivity contribution in [3.8, 4) is 0 Å². The van der Waals surface area contributed by atoms with E-state index in [1.807, 2.05) is 6.92 Å². The lowest BCUT2D eigenvalue weighted by molar-refractivity contribution is -0.138. The van der Waals surface area contributed by atoms with Crippen molar-refractivity contribution >= 4 is 21.9 Å². The fourth-order valence-electron chi connectivity index (χ4n) is 2.80. The number of hydrogen-bond donors (Lipinski definition) is 2. The highest BCUT2D eigenvalue weighted by molar-refractivity contribution is 7.89. The summed E-state index contributed by atoms with van der Waals surface area (Å²) in [6, 6.07) is 3.61. The second kappa shape index (κ2) is 8.96.